The van der Waals surface area contributed by atoms with Crippen LogP contribution in [0.5, 0.6) is 0 Å². The van der Waals surface area contributed by atoms with Crippen LogP contribution in [0.15, 0.2) is 24.3 Å². The highest BCUT2D eigenvalue weighted by atomic mass is 35.5. The molecule has 1 atom stereocenters. The number of nitrogens with one attached hydrogen (secondary N) is 2. The van der Waals surface area contributed by atoms with Crippen molar-refractivity contribution >= 4 is 41.1 Å². The Labute approximate surface area is 132 Å². The molecule has 6 heteroatoms. The molecule has 0 aliphatic carbocycles. The highest BCUT2D eigenvalue weighted by Crippen LogP contribution is 2.22. The van der Waals surface area contributed by atoms with Crippen LogP contribution in [0.3, 0.4) is 0 Å². The molecule has 0 aliphatic rings. The van der Waals surface area contributed by atoms with Gasteiger partial charge in [0.05, 0.1) is 12.5 Å². The Morgan fingerprint density at radius 1 is 1.50 bits per heavy atom. The Kier molecular flexibility index (Phi) is 4.96. The van der Waals surface area contributed by atoms with E-state index in [1.165, 1.54) is 11.3 Å². The van der Waals surface area contributed by atoms with E-state index in [0.29, 0.717) is 15.4 Å². The third kappa shape index (κ3) is 3.69. The molecule has 0 fully saturated rings. The number of hydrogen-bond acceptors (Lipinski definition) is 3. The summed E-state index contributed by atoms with van der Waals surface area (Å²) in [4.78, 5) is 16.1. The molecule has 0 radical (unpaired) electrons. The number of carbonyl (C=O) groups excluding carboxylic acids is 1. The smallest absolute Gasteiger partial charge is 0.225 e. The minimum atomic E-state index is -0.122. The van der Waals surface area contributed by atoms with Crippen LogP contribution < -0.4 is 5.32 Å². The Hall–Kier alpha value is -1.17. The summed E-state index contributed by atoms with van der Waals surface area (Å²) >= 11 is 12.6. The van der Waals surface area contributed by atoms with Gasteiger partial charge in [0.15, 0.2) is 3.95 Å². The average molecular weight is 327 g/mol. The normalized spacial score (nSPS) is 12.2. The quantitative estimate of drug-likeness (QED) is 0.827. The number of amides is 1. The summed E-state index contributed by atoms with van der Waals surface area (Å²) in [6.45, 7) is 3.84. The number of H-pyrrole nitrogens is 1. The summed E-state index contributed by atoms with van der Waals surface area (Å²) in [6, 6.07) is 7.39. The number of hydrogen-bond donors (Lipinski definition) is 2. The first-order chi connectivity index (χ1) is 9.47. The fourth-order valence-corrected chi connectivity index (χ4v) is 3.54. The second-order valence-corrected chi connectivity index (χ2v) is 6.73. The van der Waals surface area contributed by atoms with Crippen LogP contribution in [0, 0.1) is 10.9 Å². The lowest BCUT2D eigenvalue weighted by atomic mass is 10.1. The molecule has 3 nitrogen and oxygen atoms in total. The molecular formula is C14H15ClN2OS2. The fraction of sp³-hybridized carbons (Fsp3) is 0.286. The fourth-order valence-electron chi connectivity index (χ4n) is 1.95. The van der Waals surface area contributed by atoms with Gasteiger partial charge in [-0.2, -0.15) is 0 Å². The van der Waals surface area contributed by atoms with Gasteiger partial charge in [-0.05, 0) is 37.7 Å². The van der Waals surface area contributed by atoms with E-state index in [1.54, 1.807) is 0 Å². The van der Waals surface area contributed by atoms with Crippen LogP contribution in [0.1, 0.15) is 29.1 Å². The lowest BCUT2D eigenvalue weighted by molar-refractivity contribution is -0.121. The average Bonchev–Trinajstić information content (AvgIpc) is 2.68. The molecule has 1 heterocycles. The van der Waals surface area contributed by atoms with Gasteiger partial charge in [0.25, 0.3) is 0 Å². The number of aromatic amines is 1. The molecule has 1 aromatic carbocycles. The summed E-state index contributed by atoms with van der Waals surface area (Å²) in [5, 5.41) is 3.62. The van der Waals surface area contributed by atoms with Gasteiger partial charge in [-0.15, -0.1) is 11.3 Å². The Morgan fingerprint density at radius 3 is 2.80 bits per heavy atom. The Balaban J connectivity index is 2.03. The third-order valence-corrected chi connectivity index (χ3v) is 4.67. The summed E-state index contributed by atoms with van der Waals surface area (Å²) < 4.78 is 0.699. The predicted octanol–water partition coefficient (Wildman–Crippen LogP) is 4.19. The first kappa shape index (κ1) is 15.2. The van der Waals surface area contributed by atoms with E-state index in [0.717, 1.165) is 16.1 Å². The molecular weight excluding hydrogens is 312 g/mol. The number of halogens is 1. The third-order valence-electron chi connectivity index (χ3n) is 2.99. The van der Waals surface area contributed by atoms with E-state index in [2.05, 4.69) is 10.3 Å². The number of carbonyl (C=O) groups is 1. The molecule has 2 aromatic rings. The van der Waals surface area contributed by atoms with E-state index in [-0.39, 0.29) is 11.9 Å². The predicted molar refractivity (Wildman–Crippen MR) is 86.0 cm³/mol. The molecule has 1 amide bonds. The van der Waals surface area contributed by atoms with Gasteiger partial charge in [-0.3, -0.25) is 4.79 Å². The summed E-state index contributed by atoms with van der Waals surface area (Å²) in [7, 11) is 0. The zero-order valence-electron chi connectivity index (χ0n) is 11.2. The van der Waals surface area contributed by atoms with Crippen LogP contribution in [-0.4, -0.2) is 10.9 Å². The van der Waals surface area contributed by atoms with Crippen LogP contribution in [0.2, 0.25) is 5.02 Å². The topological polar surface area (TPSA) is 44.9 Å². The second-order valence-electron chi connectivity index (χ2n) is 4.55. The molecule has 2 rings (SSSR count). The van der Waals surface area contributed by atoms with Crippen molar-refractivity contribution in [2.24, 2.45) is 0 Å². The first-order valence-corrected chi connectivity index (χ1v) is 7.80. The Morgan fingerprint density at radius 2 is 2.20 bits per heavy atom. The highest BCUT2D eigenvalue weighted by molar-refractivity contribution is 7.73. The van der Waals surface area contributed by atoms with Crippen molar-refractivity contribution in [2.45, 2.75) is 26.3 Å². The van der Waals surface area contributed by atoms with Crippen molar-refractivity contribution in [3.8, 4) is 0 Å². The first-order valence-electron chi connectivity index (χ1n) is 6.19. The summed E-state index contributed by atoms with van der Waals surface area (Å²) in [6.07, 6.45) is 0.332. The molecule has 0 aliphatic heterocycles. The number of thiazole rings is 1. The van der Waals surface area contributed by atoms with Crippen LogP contribution in [0.25, 0.3) is 0 Å². The zero-order chi connectivity index (χ0) is 14.7. The summed E-state index contributed by atoms with van der Waals surface area (Å²) in [5.41, 5.74) is 1.88. The minimum absolute atomic E-state index is 0.0363. The van der Waals surface area contributed by atoms with Gasteiger partial charge in [-0.1, -0.05) is 29.8 Å². The monoisotopic (exact) mass is 326 g/mol. The molecule has 2 N–H and O–H groups in total. The Bertz CT molecular complexity index is 678. The van der Waals surface area contributed by atoms with Crippen LogP contribution in [0.4, 0.5) is 0 Å². The molecule has 1 unspecified atom stereocenters. The van der Waals surface area contributed by atoms with E-state index in [1.807, 2.05) is 38.1 Å². The number of rotatable bonds is 4. The van der Waals surface area contributed by atoms with Gasteiger partial charge in [0, 0.05) is 15.6 Å². The maximum Gasteiger partial charge on any atom is 0.225 e. The molecule has 0 bridgehead atoms. The van der Waals surface area contributed by atoms with Crippen LogP contribution >= 0.6 is 35.2 Å². The van der Waals surface area contributed by atoms with Crippen molar-refractivity contribution < 1.29 is 4.79 Å². The number of benzene rings is 1. The number of aromatic nitrogens is 1. The van der Waals surface area contributed by atoms with Gasteiger partial charge < -0.3 is 10.3 Å². The molecule has 0 spiro atoms. The van der Waals surface area contributed by atoms with Crippen LogP contribution in [-0.2, 0) is 11.2 Å². The molecule has 106 valence electrons. The van der Waals surface area contributed by atoms with E-state index < -0.39 is 0 Å². The molecule has 0 saturated carbocycles. The highest BCUT2D eigenvalue weighted by Gasteiger charge is 2.14. The van der Waals surface area contributed by atoms with E-state index in [9.17, 15) is 4.79 Å². The number of aryl methyl sites for hydroxylation is 1. The van der Waals surface area contributed by atoms with Crippen molar-refractivity contribution in [1.82, 2.24) is 10.3 Å². The van der Waals surface area contributed by atoms with Gasteiger partial charge >= 0.3 is 0 Å². The van der Waals surface area contributed by atoms with Crippen molar-refractivity contribution in [1.29, 1.82) is 0 Å². The van der Waals surface area contributed by atoms with Gasteiger partial charge in [-0.25, -0.2) is 0 Å². The van der Waals surface area contributed by atoms with Gasteiger partial charge in [0.2, 0.25) is 5.91 Å². The molecule has 20 heavy (non-hydrogen) atoms. The maximum atomic E-state index is 12.1. The largest absolute Gasteiger partial charge is 0.349 e. The molecule has 0 saturated heterocycles. The van der Waals surface area contributed by atoms with Gasteiger partial charge in [0.1, 0.15) is 0 Å². The maximum absolute atomic E-state index is 12.1. The van der Waals surface area contributed by atoms with Crippen molar-refractivity contribution in [3.05, 3.63) is 49.4 Å². The zero-order valence-corrected chi connectivity index (χ0v) is 13.6. The van der Waals surface area contributed by atoms with E-state index >= 15 is 0 Å². The minimum Gasteiger partial charge on any atom is -0.349 e. The SMILES string of the molecule is Cc1[nH]c(=S)sc1CC(=O)NC(C)c1ccccc1Cl. The van der Waals surface area contributed by atoms with Crippen molar-refractivity contribution in [3.63, 3.8) is 0 Å². The molecule has 1 aromatic heterocycles. The lowest BCUT2D eigenvalue weighted by Gasteiger charge is -2.15. The van der Waals surface area contributed by atoms with Crippen molar-refractivity contribution in [2.75, 3.05) is 0 Å². The lowest BCUT2D eigenvalue weighted by Crippen LogP contribution is -2.28. The summed E-state index contributed by atoms with van der Waals surface area (Å²) in [5.74, 6) is -0.0363. The second kappa shape index (κ2) is 6.52. The van der Waals surface area contributed by atoms with E-state index in [4.69, 9.17) is 23.8 Å². The standard InChI is InChI=1S/C14H15ClN2OS2/c1-8(10-5-3-4-6-11(10)15)16-13(18)7-12-9(2)17-14(19)20-12/h3-6,8H,7H2,1-2H3,(H,16,18)(H,17,19).